The van der Waals surface area contributed by atoms with Crippen molar-refractivity contribution in [3.05, 3.63) is 82.6 Å². The van der Waals surface area contributed by atoms with Crippen LogP contribution in [0.25, 0.3) is 15.9 Å². The molecule has 0 bridgehead atoms. The van der Waals surface area contributed by atoms with Crippen LogP contribution in [0.5, 0.6) is 0 Å². The van der Waals surface area contributed by atoms with Gasteiger partial charge in [0.2, 0.25) is 0 Å². The van der Waals surface area contributed by atoms with Crippen LogP contribution < -0.4 is 10.9 Å². The number of para-hydroxylation sites is 1. The van der Waals surface area contributed by atoms with E-state index in [-0.39, 0.29) is 11.8 Å². The van der Waals surface area contributed by atoms with Gasteiger partial charge < -0.3 is 4.57 Å². The molecule has 0 aliphatic rings. The Bertz CT molecular complexity index is 1180. The summed E-state index contributed by atoms with van der Waals surface area (Å²) in [7, 11) is 0. The highest BCUT2D eigenvalue weighted by Crippen LogP contribution is 2.21. The molecule has 2 aromatic heterocycles. The van der Waals surface area contributed by atoms with E-state index < -0.39 is 0 Å². The maximum Gasteiger partial charge on any atom is 0.271 e. The number of hydrazine groups is 1. The second-order valence-corrected chi connectivity index (χ2v) is 7.29. The van der Waals surface area contributed by atoms with Gasteiger partial charge in [-0.2, -0.15) is 0 Å². The molecule has 0 unspecified atom stereocenters. The second kappa shape index (κ2) is 7.28. The van der Waals surface area contributed by atoms with Crippen LogP contribution in [0.1, 0.15) is 32.1 Å². The predicted molar refractivity (Wildman–Crippen MR) is 110 cm³/mol. The zero-order valence-corrected chi connectivity index (χ0v) is 16.2. The monoisotopic (exact) mass is 390 g/mol. The lowest BCUT2D eigenvalue weighted by Crippen LogP contribution is -2.41. The van der Waals surface area contributed by atoms with E-state index >= 15 is 0 Å². The van der Waals surface area contributed by atoms with Gasteiger partial charge in [-0.25, -0.2) is 4.98 Å². The van der Waals surface area contributed by atoms with Gasteiger partial charge in [0.15, 0.2) is 0 Å². The Balaban J connectivity index is 1.50. The van der Waals surface area contributed by atoms with Crippen LogP contribution in [0.15, 0.2) is 60.1 Å². The molecule has 0 saturated heterocycles. The van der Waals surface area contributed by atoms with E-state index in [9.17, 15) is 9.59 Å². The first-order chi connectivity index (χ1) is 13.5. The van der Waals surface area contributed by atoms with Crippen molar-refractivity contribution in [2.75, 3.05) is 0 Å². The van der Waals surface area contributed by atoms with E-state index in [4.69, 9.17) is 0 Å². The Kier molecular flexibility index (Phi) is 4.67. The van der Waals surface area contributed by atoms with E-state index in [1.54, 1.807) is 23.7 Å². The molecular weight excluding hydrogens is 372 g/mol. The van der Waals surface area contributed by atoms with E-state index in [1.807, 2.05) is 54.8 Å². The largest absolute Gasteiger partial charge is 0.318 e. The van der Waals surface area contributed by atoms with Gasteiger partial charge in [-0.3, -0.25) is 20.4 Å². The third-order valence-corrected chi connectivity index (χ3v) is 5.36. The first-order valence-corrected chi connectivity index (χ1v) is 9.61. The number of fused-ring (bicyclic) bond motifs is 1. The van der Waals surface area contributed by atoms with Crippen LogP contribution in [0.2, 0.25) is 0 Å². The van der Waals surface area contributed by atoms with Gasteiger partial charge in [-0.15, -0.1) is 11.3 Å². The number of rotatable bonds is 3. The first-order valence-electron chi connectivity index (χ1n) is 8.73. The summed E-state index contributed by atoms with van der Waals surface area (Å²) in [4.78, 5) is 29.2. The number of aryl methyl sites for hydroxylation is 1. The molecule has 28 heavy (non-hydrogen) atoms. The van der Waals surface area contributed by atoms with Crippen LogP contribution in [0, 0.1) is 13.8 Å². The van der Waals surface area contributed by atoms with Crippen molar-refractivity contribution in [1.29, 1.82) is 0 Å². The number of amides is 2. The van der Waals surface area contributed by atoms with Crippen LogP contribution in [0.3, 0.4) is 0 Å². The summed E-state index contributed by atoms with van der Waals surface area (Å²) in [5.41, 5.74) is 11.3. The average Bonchev–Trinajstić information content (AvgIpc) is 3.29. The normalized spacial score (nSPS) is 10.8. The van der Waals surface area contributed by atoms with Crippen molar-refractivity contribution in [1.82, 2.24) is 20.4 Å². The molecule has 4 rings (SSSR count). The molecule has 140 valence electrons. The summed E-state index contributed by atoms with van der Waals surface area (Å²) in [5.74, 6) is -0.733. The van der Waals surface area contributed by atoms with E-state index in [0.29, 0.717) is 11.1 Å². The first kappa shape index (κ1) is 17.9. The van der Waals surface area contributed by atoms with Gasteiger partial charge in [0.25, 0.3) is 11.8 Å². The number of benzene rings is 2. The van der Waals surface area contributed by atoms with E-state index in [2.05, 4.69) is 15.8 Å². The van der Waals surface area contributed by atoms with Gasteiger partial charge in [0.1, 0.15) is 0 Å². The number of thiazole rings is 1. The van der Waals surface area contributed by atoms with Crippen molar-refractivity contribution in [3.8, 4) is 5.69 Å². The maximum atomic E-state index is 12.6. The quantitative estimate of drug-likeness (QED) is 0.523. The summed E-state index contributed by atoms with van der Waals surface area (Å²) in [6, 6.07) is 16.9. The SMILES string of the molecule is Cc1cc(C(=O)NNC(=O)c2ccc3ncsc3c2)c(C)n1-c1ccccc1. The average molecular weight is 390 g/mol. The van der Waals surface area contributed by atoms with E-state index in [0.717, 1.165) is 27.3 Å². The number of hydrogen-bond acceptors (Lipinski definition) is 4. The topological polar surface area (TPSA) is 76.0 Å². The molecule has 6 nitrogen and oxygen atoms in total. The molecule has 0 saturated carbocycles. The van der Waals surface area contributed by atoms with Crippen molar-refractivity contribution in [3.63, 3.8) is 0 Å². The van der Waals surface area contributed by atoms with Crippen LogP contribution in [0.4, 0.5) is 0 Å². The minimum Gasteiger partial charge on any atom is -0.318 e. The lowest BCUT2D eigenvalue weighted by molar-refractivity contribution is 0.0846. The van der Waals surface area contributed by atoms with Crippen molar-refractivity contribution >= 4 is 33.4 Å². The highest BCUT2D eigenvalue weighted by Gasteiger charge is 2.17. The lowest BCUT2D eigenvalue weighted by Gasteiger charge is -2.10. The van der Waals surface area contributed by atoms with Gasteiger partial charge in [0, 0.05) is 22.6 Å². The maximum absolute atomic E-state index is 12.6. The highest BCUT2D eigenvalue weighted by molar-refractivity contribution is 7.16. The van der Waals surface area contributed by atoms with Crippen molar-refractivity contribution in [2.24, 2.45) is 0 Å². The molecule has 0 aliphatic heterocycles. The fourth-order valence-corrected chi connectivity index (χ4v) is 3.93. The van der Waals surface area contributed by atoms with Crippen molar-refractivity contribution in [2.45, 2.75) is 13.8 Å². The van der Waals surface area contributed by atoms with Gasteiger partial charge in [-0.1, -0.05) is 18.2 Å². The number of hydrogen-bond donors (Lipinski definition) is 2. The number of nitrogens with one attached hydrogen (secondary N) is 2. The Morgan fingerprint density at radius 1 is 0.964 bits per heavy atom. The minimum absolute atomic E-state index is 0.359. The fourth-order valence-electron chi connectivity index (χ4n) is 3.22. The summed E-state index contributed by atoms with van der Waals surface area (Å²) < 4.78 is 2.93. The molecular formula is C21H18N4O2S. The third-order valence-electron chi connectivity index (χ3n) is 4.57. The second-order valence-electron chi connectivity index (χ2n) is 6.40. The Hall–Kier alpha value is -3.45. The Labute approximate surface area is 165 Å². The molecule has 0 aliphatic carbocycles. The smallest absolute Gasteiger partial charge is 0.271 e. The molecule has 0 spiro atoms. The summed E-state index contributed by atoms with van der Waals surface area (Å²) >= 11 is 1.46. The zero-order chi connectivity index (χ0) is 19.7. The molecule has 0 radical (unpaired) electrons. The van der Waals surface area contributed by atoms with E-state index in [1.165, 1.54) is 11.3 Å². The Morgan fingerprint density at radius 2 is 1.71 bits per heavy atom. The number of nitrogens with zero attached hydrogens (tertiary/aromatic N) is 2. The third kappa shape index (κ3) is 3.27. The summed E-state index contributed by atoms with van der Waals surface area (Å²) in [6.45, 7) is 3.83. The summed E-state index contributed by atoms with van der Waals surface area (Å²) in [5, 5.41) is 0. The van der Waals surface area contributed by atoms with Gasteiger partial charge >= 0.3 is 0 Å². The molecule has 2 amide bonds. The number of carbonyl (C=O) groups excluding carboxylic acids is 2. The molecule has 2 N–H and O–H groups in total. The molecule has 0 atom stereocenters. The zero-order valence-electron chi connectivity index (χ0n) is 15.4. The van der Waals surface area contributed by atoms with Crippen LogP contribution in [-0.2, 0) is 0 Å². The molecule has 0 fully saturated rings. The lowest BCUT2D eigenvalue weighted by atomic mass is 10.2. The van der Waals surface area contributed by atoms with Crippen LogP contribution in [-0.4, -0.2) is 21.4 Å². The molecule has 2 aromatic carbocycles. The number of carbonyl (C=O) groups is 2. The predicted octanol–water partition coefficient (Wildman–Crippen LogP) is 3.78. The fraction of sp³-hybridized carbons (Fsp3) is 0.0952. The standard InChI is InChI=1S/C21H18N4O2S/c1-13-10-17(14(2)25(13)16-6-4-3-5-7-16)21(27)24-23-20(26)15-8-9-18-19(11-15)28-12-22-18/h3-12H,1-2H3,(H,23,26)(H,24,27). The van der Waals surface area contributed by atoms with Crippen LogP contribution >= 0.6 is 11.3 Å². The molecule has 2 heterocycles. The molecule has 4 aromatic rings. The van der Waals surface area contributed by atoms with Gasteiger partial charge in [0.05, 0.1) is 21.3 Å². The number of aromatic nitrogens is 2. The highest BCUT2D eigenvalue weighted by atomic mass is 32.1. The summed E-state index contributed by atoms with van der Waals surface area (Å²) in [6.07, 6.45) is 0. The Morgan fingerprint density at radius 3 is 2.50 bits per heavy atom. The van der Waals surface area contributed by atoms with Crippen molar-refractivity contribution < 1.29 is 9.59 Å². The molecule has 7 heteroatoms. The van der Waals surface area contributed by atoms with Gasteiger partial charge in [-0.05, 0) is 50.2 Å². The minimum atomic E-state index is -0.375.